The van der Waals surface area contributed by atoms with Crippen molar-refractivity contribution in [2.24, 2.45) is 17.8 Å². The fourth-order valence-corrected chi connectivity index (χ4v) is 3.54. The fourth-order valence-electron chi connectivity index (χ4n) is 3.54. The number of carbonyl (C=O) groups is 1. The van der Waals surface area contributed by atoms with Gasteiger partial charge in [0.15, 0.2) is 0 Å². The molecule has 2 aliphatic carbocycles. The van der Waals surface area contributed by atoms with Gasteiger partial charge in [-0.15, -0.1) is 0 Å². The average Bonchev–Trinajstić information content (AvgIpc) is 2.34. The summed E-state index contributed by atoms with van der Waals surface area (Å²) >= 11 is 0. The lowest BCUT2D eigenvalue weighted by atomic mass is 9.78. The second-order valence-corrected chi connectivity index (χ2v) is 6.52. The van der Waals surface area contributed by atoms with Crippen LogP contribution in [0.4, 0.5) is 0 Å². The smallest absolute Gasteiger partial charge is 0.306 e. The van der Waals surface area contributed by atoms with Crippen LogP contribution in [0.1, 0.15) is 58.8 Å². The van der Waals surface area contributed by atoms with Crippen molar-refractivity contribution in [3.05, 3.63) is 0 Å². The van der Waals surface area contributed by atoms with Gasteiger partial charge in [-0.3, -0.25) is 4.79 Å². The highest BCUT2D eigenvalue weighted by Gasteiger charge is 2.29. The topological polar surface area (TPSA) is 49.3 Å². The van der Waals surface area contributed by atoms with Gasteiger partial charge in [0.2, 0.25) is 0 Å². The zero-order valence-corrected chi connectivity index (χ0v) is 11.7. The Morgan fingerprint density at radius 3 is 2.11 bits per heavy atom. The van der Waals surface area contributed by atoms with E-state index in [1.807, 2.05) is 0 Å². The Morgan fingerprint density at radius 2 is 1.56 bits per heavy atom. The van der Waals surface area contributed by atoms with Crippen molar-refractivity contribution in [1.82, 2.24) is 5.32 Å². The molecule has 0 aromatic rings. The Balaban J connectivity index is 1.73. The third-order valence-electron chi connectivity index (χ3n) is 5.15. The molecule has 3 unspecified atom stereocenters. The summed E-state index contributed by atoms with van der Waals surface area (Å²) in [5.74, 6) is 0.999. The first-order valence-electron chi connectivity index (χ1n) is 7.55. The van der Waals surface area contributed by atoms with Crippen LogP contribution >= 0.6 is 0 Å². The second kappa shape index (κ2) is 6.05. The first-order valence-corrected chi connectivity index (χ1v) is 7.55. The number of hydrogen-bond acceptors (Lipinski definition) is 2. The van der Waals surface area contributed by atoms with Gasteiger partial charge in [0.25, 0.3) is 0 Å². The van der Waals surface area contributed by atoms with Crippen molar-refractivity contribution in [2.75, 3.05) is 0 Å². The summed E-state index contributed by atoms with van der Waals surface area (Å²) in [4.78, 5) is 10.9. The number of rotatable bonds is 3. The molecule has 18 heavy (non-hydrogen) atoms. The van der Waals surface area contributed by atoms with Gasteiger partial charge in [-0.05, 0) is 56.8 Å². The summed E-state index contributed by atoms with van der Waals surface area (Å²) in [6, 6.07) is 1.23. The van der Waals surface area contributed by atoms with Crippen molar-refractivity contribution in [2.45, 2.75) is 70.9 Å². The van der Waals surface area contributed by atoms with Crippen LogP contribution in [0.5, 0.6) is 0 Å². The van der Waals surface area contributed by atoms with Crippen molar-refractivity contribution in [3.63, 3.8) is 0 Å². The van der Waals surface area contributed by atoms with Gasteiger partial charge in [-0.2, -0.15) is 0 Å². The quantitative estimate of drug-likeness (QED) is 0.812. The van der Waals surface area contributed by atoms with E-state index in [-0.39, 0.29) is 5.92 Å². The molecular formula is C15H27NO2. The van der Waals surface area contributed by atoms with E-state index in [0.29, 0.717) is 12.1 Å². The zero-order chi connectivity index (χ0) is 13.1. The molecule has 2 rings (SSSR count). The van der Waals surface area contributed by atoms with E-state index < -0.39 is 5.97 Å². The van der Waals surface area contributed by atoms with Crippen LogP contribution in [-0.2, 0) is 4.79 Å². The largest absolute Gasteiger partial charge is 0.481 e. The molecular weight excluding hydrogens is 226 g/mol. The highest BCUT2D eigenvalue weighted by atomic mass is 16.4. The van der Waals surface area contributed by atoms with E-state index in [0.717, 1.165) is 37.5 Å². The summed E-state index contributed by atoms with van der Waals surface area (Å²) in [6.45, 7) is 4.72. The Labute approximate surface area is 110 Å². The Bertz CT molecular complexity index is 284. The maximum Gasteiger partial charge on any atom is 0.306 e. The monoisotopic (exact) mass is 253 g/mol. The van der Waals surface area contributed by atoms with Gasteiger partial charge in [0.1, 0.15) is 0 Å². The van der Waals surface area contributed by atoms with E-state index in [4.69, 9.17) is 5.11 Å². The fraction of sp³-hybridized carbons (Fsp3) is 0.933. The lowest BCUT2D eigenvalue weighted by Gasteiger charge is -2.36. The van der Waals surface area contributed by atoms with Crippen LogP contribution in [0.3, 0.4) is 0 Å². The van der Waals surface area contributed by atoms with E-state index in [1.54, 1.807) is 0 Å². The zero-order valence-electron chi connectivity index (χ0n) is 11.7. The number of carboxylic acids is 1. The molecule has 0 amide bonds. The lowest BCUT2D eigenvalue weighted by molar-refractivity contribution is -0.142. The Morgan fingerprint density at radius 1 is 0.944 bits per heavy atom. The van der Waals surface area contributed by atoms with E-state index in [1.165, 1.54) is 19.3 Å². The first kappa shape index (κ1) is 13.9. The van der Waals surface area contributed by atoms with Crippen molar-refractivity contribution >= 4 is 5.97 Å². The maximum atomic E-state index is 10.9. The minimum absolute atomic E-state index is 0.0895. The minimum atomic E-state index is -0.603. The lowest BCUT2D eigenvalue weighted by Crippen LogP contribution is -2.44. The molecule has 0 bridgehead atoms. The summed E-state index contributed by atoms with van der Waals surface area (Å²) < 4.78 is 0. The molecule has 2 N–H and O–H groups in total. The molecule has 2 aliphatic rings. The highest BCUT2D eigenvalue weighted by Crippen LogP contribution is 2.31. The van der Waals surface area contributed by atoms with Gasteiger partial charge < -0.3 is 10.4 Å². The molecule has 0 spiro atoms. The molecule has 104 valence electrons. The highest BCUT2D eigenvalue weighted by molar-refractivity contribution is 5.70. The van der Waals surface area contributed by atoms with Crippen LogP contribution < -0.4 is 5.32 Å². The van der Waals surface area contributed by atoms with Crippen LogP contribution in [0.2, 0.25) is 0 Å². The van der Waals surface area contributed by atoms with Crippen molar-refractivity contribution < 1.29 is 9.90 Å². The third kappa shape index (κ3) is 3.47. The van der Waals surface area contributed by atoms with Gasteiger partial charge in [0, 0.05) is 12.1 Å². The molecule has 2 fully saturated rings. The summed E-state index contributed by atoms with van der Waals surface area (Å²) in [5.41, 5.74) is 0. The van der Waals surface area contributed by atoms with Crippen LogP contribution in [0, 0.1) is 17.8 Å². The van der Waals surface area contributed by atoms with E-state index >= 15 is 0 Å². The van der Waals surface area contributed by atoms with Gasteiger partial charge in [-0.1, -0.05) is 13.8 Å². The number of nitrogens with one attached hydrogen (secondary N) is 1. The number of aliphatic carboxylic acids is 1. The van der Waals surface area contributed by atoms with Gasteiger partial charge in [0.05, 0.1) is 5.92 Å². The van der Waals surface area contributed by atoms with Crippen LogP contribution in [0.15, 0.2) is 0 Å². The first-order chi connectivity index (χ1) is 8.56. The van der Waals surface area contributed by atoms with Crippen molar-refractivity contribution in [1.29, 1.82) is 0 Å². The maximum absolute atomic E-state index is 10.9. The van der Waals surface area contributed by atoms with Gasteiger partial charge >= 0.3 is 5.97 Å². The normalized spacial score (nSPS) is 41.6. The summed E-state index contributed by atoms with van der Waals surface area (Å²) in [6.07, 6.45) is 7.71. The predicted octanol–water partition coefficient (Wildman–Crippen LogP) is 3.04. The second-order valence-electron chi connectivity index (χ2n) is 6.52. The van der Waals surface area contributed by atoms with Crippen molar-refractivity contribution in [3.8, 4) is 0 Å². The van der Waals surface area contributed by atoms with Crippen LogP contribution in [0.25, 0.3) is 0 Å². The minimum Gasteiger partial charge on any atom is -0.481 e. The molecule has 2 saturated carbocycles. The van der Waals surface area contributed by atoms with E-state index in [9.17, 15) is 4.79 Å². The average molecular weight is 253 g/mol. The molecule has 0 aliphatic heterocycles. The van der Waals surface area contributed by atoms with E-state index in [2.05, 4.69) is 19.2 Å². The molecule has 0 aromatic heterocycles. The third-order valence-corrected chi connectivity index (χ3v) is 5.15. The molecule has 0 heterocycles. The van der Waals surface area contributed by atoms with Gasteiger partial charge in [-0.25, -0.2) is 0 Å². The summed E-state index contributed by atoms with van der Waals surface area (Å²) in [5, 5.41) is 12.8. The molecule has 0 radical (unpaired) electrons. The Kier molecular flexibility index (Phi) is 4.66. The number of hydrogen-bond donors (Lipinski definition) is 2. The standard InChI is InChI=1S/C15H27NO2/c1-10-3-6-14(9-11(10)2)16-13-7-4-12(5-8-13)15(17)18/h10-14,16H,3-9H2,1-2H3,(H,17,18). The predicted molar refractivity (Wildman–Crippen MR) is 72.5 cm³/mol. The van der Waals surface area contributed by atoms with Crippen LogP contribution in [-0.4, -0.2) is 23.2 Å². The SMILES string of the molecule is CC1CCC(NC2CCC(C(=O)O)CC2)CC1C. The molecule has 3 heteroatoms. The summed E-state index contributed by atoms with van der Waals surface area (Å²) in [7, 11) is 0. The molecule has 0 aromatic carbocycles. The Hall–Kier alpha value is -0.570. The molecule has 3 atom stereocenters. The molecule has 0 saturated heterocycles. The number of carboxylic acid groups (broad SMARTS) is 1. The molecule has 3 nitrogen and oxygen atoms in total.